The second-order valence-electron chi connectivity index (χ2n) is 14.9. The lowest BCUT2D eigenvalue weighted by atomic mass is 9.54. The van der Waals surface area contributed by atoms with E-state index in [4.69, 9.17) is 14.0 Å². The number of ketones is 3. The van der Waals surface area contributed by atoms with Crippen LogP contribution in [0.2, 0.25) is 0 Å². The minimum Gasteiger partial charge on any atom is -0.488 e. The van der Waals surface area contributed by atoms with E-state index >= 15 is 13.2 Å². The van der Waals surface area contributed by atoms with Gasteiger partial charge >= 0.3 is 6.18 Å². The van der Waals surface area contributed by atoms with Crippen molar-refractivity contribution in [3.8, 4) is 11.6 Å². The van der Waals surface area contributed by atoms with Crippen LogP contribution in [0.3, 0.4) is 0 Å². The molecule has 282 valence electrons. The largest absolute Gasteiger partial charge is 0.488 e. The number of carbonyl (C=O) groups is 3. The van der Waals surface area contributed by atoms with Gasteiger partial charge < -0.3 is 19.1 Å². The molecule has 1 aromatic heterocycles. The zero-order valence-electron chi connectivity index (χ0n) is 30.1. The Labute approximate surface area is 309 Å². The molecule has 4 aromatic rings. The highest BCUT2D eigenvalue weighted by molar-refractivity contribution is 6.27. The van der Waals surface area contributed by atoms with Crippen molar-refractivity contribution in [1.29, 1.82) is 0 Å². The Morgan fingerprint density at radius 1 is 0.981 bits per heavy atom. The maximum absolute atomic E-state index is 15.3. The van der Waals surface area contributed by atoms with E-state index in [9.17, 15) is 19.5 Å². The van der Waals surface area contributed by atoms with Crippen LogP contribution in [0.15, 0.2) is 71.3 Å². The lowest BCUT2D eigenvalue weighted by molar-refractivity contribution is -0.154. The van der Waals surface area contributed by atoms with Gasteiger partial charge in [0, 0.05) is 18.5 Å². The molecule has 1 saturated carbocycles. The van der Waals surface area contributed by atoms with Crippen molar-refractivity contribution in [1.82, 2.24) is 15.0 Å². The van der Waals surface area contributed by atoms with Crippen LogP contribution < -0.4 is 9.47 Å². The molecule has 1 saturated heterocycles. The monoisotopic (exact) mass is 743 g/mol. The van der Waals surface area contributed by atoms with Gasteiger partial charge in [0.2, 0.25) is 5.78 Å². The zero-order valence-corrected chi connectivity index (χ0v) is 30.1. The molecule has 10 nitrogen and oxygen atoms in total. The maximum Gasteiger partial charge on any atom is 0.417 e. The molecule has 0 spiro atoms. The molecule has 0 bridgehead atoms. The smallest absolute Gasteiger partial charge is 0.417 e. The predicted octanol–water partition coefficient (Wildman–Crippen LogP) is 6.41. The first-order valence-electron chi connectivity index (χ1n) is 18.2. The van der Waals surface area contributed by atoms with Crippen molar-refractivity contribution in [2.24, 2.45) is 17.8 Å². The summed E-state index contributed by atoms with van der Waals surface area (Å²) in [6.45, 7) is 3.05. The average Bonchev–Trinajstić information content (AvgIpc) is 3.54. The Kier molecular flexibility index (Phi) is 9.01. The molecule has 2 fully saturated rings. The van der Waals surface area contributed by atoms with Gasteiger partial charge in [-0.05, 0) is 79.3 Å². The molecule has 3 aliphatic carbocycles. The van der Waals surface area contributed by atoms with E-state index in [1.165, 1.54) is 6.07 Å². The predicted molar refractivity (Wildman–Crippen MR) is 188 cm³/mol. The van der Waals surface area contributed by atoms with Crippen molar-refractivity contribution >= 4 is 17.3 Å². The average molecular weight is 744 g/mol. The highest BCUT2D eigenvalue weighted by Gasteiger charge is 2.67. The summed E-state index contributed by atoms with van der Waals surface area (Å²) in [7, 11) is 3.36. The summed E-state index contributed by atoms with van der Waals surface area (Å²) in [4.78, 5) is 47.6. The molecule has 0 amide bonds. The molecular weight excluding hydrogens is 703 g/mol. The molecule has 2 heterocycles. The molecule has 1 aliphatic heterocycles. The normalized spacial score (nSPS) is 26.4. The topological polar surface area (TPSA) is 122 Å². The van der Waals surface area contributed by atoms with Crippen LogP contribution in [0.25, 0.3) is 0 Å². The van der Waals surface area contributed by atoms with Crippen LogP contribution in [-0.2, 0) is 30.6 Å². The number of nitrogens with zero attached hydrogens (tertiary/aromatic N) is 3. The van der Waals surface area contributed by atoms with Gasteiger partial charge in [0.05, 0.1) is 23.1 Å². The summed E-state index contributed by atoms with van der Waals surface area (Å²) in [5, 5.41) is 16.4. The molecule has 4 aliphatic rings. The van der Waals surface area contributed by atoms with Crippen molar-refractivity contribution in [3.05, 3.63) is 111 Å². The van der Waals surface area contributed by atoms with Gasteiger partial charge in [-0.2, -0.15) is 13.2 Å². The van der Waals surface area contributed by atoms with E-state index in [-0.39, 0.29) is 65.7 Å². The molecule has 13 heteroatoms. The SMILES string of the molecule is CCN1CCC1c1cc(OCc2ccccc2)c2c(c1C(F)(F)F)CC1CC3C(N(C)C)c4onc(OCc5ccccc5)c4C(=O)C3(O)C(=O)C1C2=O. The summed E-state index contributed by atoms with van der Waals surface area (Å²) < 4.78 is 63.8. The number of aliphatic hydroxyl groups is 1. The van der Waals surface area contributed by atoms with E-state index in [0.29, 0.717) is 19.5 Å². The fourth-order valence-corrected chi connectivity index (χ4v) is 9.17. The highest BCUT2D eigenvalue weighted by Crippen LogP contribution is 2.57. The molecule has 0 radical (unpaired) electrons. The van der Waals surface area contributed by atoms with Crippen molar-refractivity contribution < 1.29 is 46.7 Å². The fourth-order valence-electron chi connectivity index (χ4n) is 9.17. The molecular formula is C41H40F3N3O7. The summed E-state index contributed by atoms with van der Waals surface area (Å²) in [5.41, 5.74) is -2.79. The molecule has 8 rings (SSSR count). The number of fused-ring (bicyclic) bond motifs is 4. The summed E-state index contributed by atoms with van der Waals surface area (Å²) >= 11 is 0. The number of aromatic nitrogens is 1. The number of alkyl halides is 3. The highest BCUT2D eigenvalue weighted by atomic mass is 19.4. The number of hydrogen-bond acceptors (Lipinski definition) is 10. The number of Topliss-reactive ketones (excluding diaryl/α,β-unsaturated/α-hetero) is 3. The van der Waals surface area contributed by atoms with Gasteiger partial charge in [-0.25, -0.2) is 0 Å². The summed E-state index contributed by atoms with van der Waals surface area (Å²) in [6.07, 6.45) is -4.71. The Hall–Kier alpha value is -4.85. The maximum atomic E-state index is 15.3. The third-order valence-electron chi connectivity index (χ3n) is 11.7. The lowest BCUT2D eigenvalue weighted by Crippen LogP contribution is -2.66. The molecule has 6 unspecified atom stereocenters. The first-order chi connectivity index (χ1) is 25.8. The number of rotatable bonds is 9. The van der Waals surface area contributed by atoms with Gasteiger partial charge in [-0.15, -0.1) is 0 Å². The van der Waals surface area contributed by atoms with Crippen molar-refractivity contribution in [3.63, 3.8) is 0 Å². The number of ether oxygens (including phenoxy) is 2. The van der Waals surface area contributed by atoms with Crippen LogP contribution in [0, 0.1) is 17.8 Å². The third kappa shape index (κ3) is 5.66. The van der Waals surface area contributed by atoms with Gasteiger partial charge in [0.25, 0.3) is 5.88 Å². The standard InChI is InChI=1S/C41H40F3N3O7/c1-4-47-16-15-28(47)25-19-29(52-20-22-11-7-5-8-12-22)31-26(33(25)41(42,43)44)17-24-18-27-34(46(2)3)36-32(38(50)40(27,51)37(49)30(24)35(31)48)39(45-54-36)53-21-23-13-9-6-10-14-23/h5-14,19,24,27-28,30,34,51H,4,15-18,20-21H2,1-3H3. The number of hydrogen-bond donors (Lipinski definition) is 1. The second kappa shape index (κ2) is 13.5. The molecule has 6 atom stereocenters. The van der Waals surface area contributed by atoms with Gasteiger partial charge in [0.1, 0.15) is 24.5 Å². The molecule has 3 aromatic carbocycles. The number of benzene rings is 3. The third-order valence-corrected chi connectivity index (χ3v) is 11.7. The number of likely N-dealkylation sites (tertiary alicyclic amines) is 1. The van der Waals surface area contributed by atoms with Gasteiger partial charge in [-0.3, -0.25) is 24.2 Å². The van der Waals surface area contributed by atoms with E-state index < -0.39 is 64.5 Å². The van der Waals surface area contributed by atoms with Crippen molar-refractivity contribution in [2.45, 2.75) is 63.3 Å². The summed E-state index contributed by atoms with van der Waals surface area (Å²) in [5.74, 6) is -6.84. The molecule has 54 heavy (non-hydrogen) atoms. The van der Waals surface area contributed by atoms with Crippen LogP contribution in [0.5, 0.6) is 11.6 Å². The second-order valence-corrected chi connectivity index (χ2v) is 14.9. The van der Waals surface area contributed by atoms with Crippen LogP contribution in [-0.4, -0.2) is 70.2 Å². The summed E-state index contributed by atoms with van der Waals surface area (Å²) in [6, 6.07) is 18.0. The van der Waals surface area contributed by atoms with Crippen molar-refractivity contribution in [2.75, 3.05) is 27.2 Å². The Morgan fingerprint density at radius 2 is 1.63 bits per heavy atom. The Bertz CT molecular complexity index is 2120. The first-order valence-corrected chi connectivity index (χ1v) is 18.2. The number of halogens is 3. The van der Waals surface area contributed by atoms with E-state index in [2.05, 4.69) is 5.16 Å². The first kappa shape index (κ1) is 36.1. The van der Waals surface area contributed by atoms with Crippen LogP contribution in [0.4, 0.5) is 13.2 Å². The zero-order chi connectivity index (χ0) is 38.1. The van der Waals surface area contributed by atoms with Crippen LogP contribution in [0.1, 0.15) is 86.1 Å². The fraction of sp³-hybridized carbons (Fsp3) is 0.415. The minimum absolute atomic E-state index is 0.0155. The van der Waals surface area contributed by atoms with E-state index in [1.807, 2.05) is 48.2 Å². The quantitative estimate of drug-likeness (QED) is 0.193. The minimum atomic E-state index is -4.82. The lowest BCUT2D eigenvalue weighted by Gasteiger charge is -2.51. The number of carbonyl (C=O) groups excluding carboxylic acids is 3. The van der Waals surface area contributed by atoms with Gasteiger partial charge in [0.15, 0.2) is 22.9 Å². The molecule has 1 N–H and O–H groups in total. The Balaban J connectivity index is 1.23. The van der Waals surface area contributed by atoms with Gasteiger partial charge in [-0.1, -0.05) is 67.6 Å². The van der Waals surface area contributed by atoms with E-state index in [0.717, 1.165) is 11.1 Å². The van der Waals surface area contributed by atoms with E-state index in [1.54, 1.807) is 43.3 Å². The Morgan fingerprint density at radius 3 is 2.20 bits per heavy atom. The van der Waals surface area contributed by atoms with Crippen LogP contribution >= 0.6 is 0 Å².